The van der Waals surface area contributed by atoms with Crippen molar-refractivity contribution in [1.82, 2.24) is 4.90 Å². The van der Waals surface area contributed by atoms with Gasteiger partial charge in [-0.2, -0.15) is 5.26 Å². The molecule has 3 nitrogen and oxygen atoms in total. The van der Waals surface area contributed by atoms with Gasteiger partial charge >= 0.3 is 0 Å². The van der Waals surface area contributed by atoms with Gasteiger partial charge in [-0.15, -0.1) is 0 Å². The fourth-order valence-electron chi connectivity index (χ4n) is 2.18. The molecule has 1 fully saturated rings. The van der Waals surface area contributed by atoms with Crippen LogP contribution in [-0.4, -0.2) is 23.9 Å². The van der Waals surface area contributed by atoms with E-state index in [1.165, 1.54) is 0 Å². The molecule has 0 bridgehead atoms. The predicted octanol–water partition coefficient (Wildman–Crippen LogP) is 3.91. The molecule has 0 radical (unpaired) electrons. The molecule has 1 saturated heterocycles. The number of carbonyl (C=O) groups is 1. The summed E-state index contributed by atoms with van der Waals surface area (Å²) in [5.74, 6) is -0.210. The standard InChI is InChI=1S/C15H14Cl2N2O/c16-13-5-4-11(9-14(13)17)8-12(10-18)15(20)19-6-2-1-3-7-19/h4-5,8-9H,1-3,6-7H2/b12-8+. The number of rotatable bonds is 2. The maximum atomic E-state index is 12.3. The maximum Gasteiger partial charge on any atom is 0.264 e. The Morgan fingerprint density at radius 2 is 1.90 bits per heavy atom. The van der Waals surface area contributed by atoms with E-state index in [-0.39, 0.29) is 11.5 Å². The predicted molar refractivity (Wildman–Crippen MR) is 80.5 cm³/mol. The quantitative estimate of drug-likeness (QED) is 0.614. The largest absolute Gasteiger partial charge is 0.338 e. The number of carbonyl (C=O) groups excluding carboxylic acids is 1. The molecule has 0 saturated carbocycles. The minimum Gasteiger partial charge on any atom is -0.338 e. The molecule has 1 aliphatic rings. The van der Waals surface area contributed by atoms with E-state index >= 15 is 0 Å². The second-order valence-corrected chi connectivity index (χ2v) is 5.51. The number of likely N-dealkylation sites (tertiary alicyclic amines) is 1. The molecule has 0 atom stereocenters. The lowest BCUT2D eigenvalue weighted by atomic mass is 10.1. The van der Waals surface area contributed by atoms with E-state index in [1.807, 2.05) is 6.07 Å². The highest BCUT2D eigenvalue weighted by Crippen LogP contribution is 2.24. The van der Waals surface area contributed by atoms with Crippen molar-refractivity contribution >= 4 is 35.2 Å². The molecule has 5 heteroatoms. The normalized spacial score (nSPS) is 15.8. The third-order valence-corrected chi connectivity index (χ3v) is 3.99. The molecular formula is C15H14Cl2N2O. The summed E-state index contributed by atoms with van der Waals surface area (Å²) in [6, 6.07) is 7.00. The van der Waals surface area contributed by atoms with Gasteiger partial charge in [-0.1, -0.05) is 29.3 Å². The Balaban J connectivity index is 2.22. The van der Waals surface area contributed by atoms with E-state index in [9.17, 15) is 10.1 Å². The smallest absolute Gasteiger partial charge is 0.264 e. The molecule has 0 aromatic heterocycles. The van der Waals surface area contributed by atoms with Crippen LogP contribution in [0.25, 0.3) is 6.08 Å². The number of hydrogen-bond donors (Lipinski definition) is 0. The molecule has 104 valence electrons. The van der Waals surface area contributed by atoms with E-state index in [4.69, 9.17) is 23.2 Å². The number of piperidine rings is 1. The van der Waals surface area contributed by atoms with Gasteiger partial charge < -0.3 is 4.90 Å². The van der Waals surface area contributed by atoms with Crippen LogP contribution in [0, 0.1) is 11.3 Å². The zero-order valence-corrected chi connectivity index (χ0v) is 12.4. The number of nitriles is 1. The molecule has 1 heterocycles. The monoisotopic (exact) mass is 308 g/mol. The third kappa shape index (κ3) is 3.53. The summed E-state index contributed by atoms with van der Waals surface area (Å²) < 4.78 is 0. The van der Waals surface area contributed by atoms with Crippen LogP contribution >= 0.6 is 23.2 Å². The first-order valence-corrected chi connectivity index (χ1v) is 7.23. The fourth-order valence-corrected chi connectivity index (χ4v) is 2.48. The lowest BCUT2D eigenvalue weighted by Gasteiger charge is -2.26. The van der Waals surface area contributed by atoms with Crippen LogP contribution in [-0.2, 0) is 4.79 Å². The van der Waals surface area contributed by atoms with Crippen molar-refractivity contribution in [2.45, 2.75) is 19.3 Å². The summed E-state index contributed by atoms with van der Waals surface area (Å²) in [5.41, 5.74) is 0.826. The molecule has 0 unspecified atom stereocenters. The number of benzene rings is 1. The van der Waals surface area contributed by atoms with Crippen LogP contribution in [0.1, 0.15) is 24.8 Å². The molecular weight excluding hydrogens is 295 g/mol. The van der Waals surface area contributed by atoms with E-state index in [0.29, 0.717) is 15.6 Å². The van der Waals surface area contributed by atoms with Gasteiger partial charge in [0.2, 0.25) is 0 Å². The van der Waals surface area contributed by atoms with Gasteiger partial charge in [-0.3, -0.25) is 4.79 Å². The van der Waals surface area contributed by atoms with Crippen LogP contribution in [0.2, 0.25) is 10.0 Å². The zero-order valence-electron chi connectivity index (χ0n) is 10.9. The Morgan fingerprint density at radius 3 is 2.50 bits per heavy atom. The molecule has 0 spiro atoms. The first-order valence-electron chi connectivity index (χ1n) is 6.48. The lowest BCUT2D eigenvalue weighted by molar-refractivity contribution is -0.127. The minimum atomic E-state index is -0.210. The molecule has 1 aromatic rings. The molecule has 1 amide bonds. The summed E-state index contributed by atoms with van der Waals surface area (Å²) in [6.45, 7) is 1.44. The van der Waals surface area contributed by atoms with Gasteiger partial charge in [-0.25, -0.2) is 0 Å². The van der Waals surface area contributed by atoms with Crippen LogP contribution in [0.3, 0.4) is 0 Å². The van der Waals surface area contributed by atoms with Crippen molar-refractivity contribution in [2.24, 2.45) is 0 Å². The van der Waals surface area contributed by atoms with Gasteiger partial charge in [-0.05, 0) is 43.0 Å². The minimum absolute atomic E-state index is 0.130. The van der Waals surface area contributed by atoms with E-state index in [1.54, 1.807) is 29.2 Å². The molecule has 0 N–H and O–H groups in total. The Labute approximate surface area is 128 Å². The lowest BCUT2D eigenvalue weighted by Crippen LogP contribution is -2.36. The summed E-state index contributed by atoms with van der Waals surface area (Å²) in [5, 5.41) is 10.0. The summed E-state index contributed by atoms with van der Waals surface area (Å²) in [7, 11) is 0. The van der Waals surface area contributed by atoms with Crippen LogP contribution in [0.5, 0.6) is 0 Å². The number of amides is 1. The van der Waals surface area contributed by atoms with Crippen molar-refractivity contribution in [2.75, 3.05) is 13.1 Å². The summed E-state index contributed by atoms with van der Waals surface area (Å²) in [4.78, 5) is 14.0. The second kappa shape index (κ2) is 6.78. The highest BCUT2D eigenvalue weighted by atomic mass is 35.5. The van der Waals surface area contributed by atoms with Crippen molar-refractivity contribution in [3.8, 4) is 6.07 Å². The Hall–Kier alpha value is -1.50. The Bertz CT molecular complexity index is 584. The Kier molecular flexibility index (Phi) is 5.05. The van der Waals surface area contributed by atoms with Gasteiger partial charge in [0.1, 0.15) is 11.6 Å². The first-order chi connectivity index (χ1) is 9.61. The highest BCUT2D eigenvalue weighted by molar-refractivity contribution is 6.42. The molecule has 1 aliphatic heterocycles. The number of halogens is 2. The SMILES string of the molecule is N#C/C(=C\c1ccc(Cl)c(Cl)c1)C(=O)N1CCCCC1. The fraction of sp³-hybridized carbons (Fsp3) is 0.333. The van der Waals surface area contributed by atoms with Crippen molar-refractivity contribution in [1.29, 1.82) is 5.26 Å². The third-order valence-electron chi connectivity index (χ3n) is 3.25. The van der Waals surface area contributed by atoms with Crippen molar-refractivity contribution in [3.05, 3.63) is 39.4 Å². The van der Waals surface area contributed by atoms with Crippen LogP contribution in [0.4, 0.5) is 0 Å². The average Bonchev–Trinajstić information content (AvgIpc) is 2.48. The van der Waals surface area contributed by atoms with Gasteiger partial charge in [0.15, 0.2) is 0 Å². The number of hydrogen-bond acceptors (Lipinski definition) is 2. The second-order valence-electron chi connectivity index (χ2n) is 4.70. The molecule has 1 aromatic carbocycles. The molecule has 20 heavy (non-hydrogen) atoms. The molecule has 2 rings (SSSR count). The van der Waals surface area contributed by atoms with Gasteiger partial charge in [0.05, 0.1) is 10.0 Å². The van der Waals surface area contributed by atoms with E-state index in [0.717, 1.165) is 32.4 Å². The van der Waals surface area contributed by atoms with E-state index < -0.39 is 0 Å². The van der Waals surface area contributed by atoms with Crippen molar-refractivity contribution < 1.29 is 4.79 Å². The van der Waals surface area contributed by atoms with Gasteiger partial charge in [0, 0.05) is 13.1 Å². The molecule has 0 aliphatic carbocycles. The first kappa shape index (κ1) is 14.9. The summed E-state index contributed by atoms with van der Waals surface area (Å²) in [6.07, 6.45) is 4.69. The number of nitrogens with zero attached hydrogens (tertiary/aromatic N) is 2. The summed E-state index contributed by atoms with van der Waals surface area (Å²) >= 11 is 11.8. The maximum absolute atomic E-state index is 12.3. The Morgan fingerprint density at radius 1 is 1.20 bits per heavy atom. The van der Waals surface area contributed by atoms with Crippen LogP contribution in [0.15, 0.2) is 23.8 Å². The van der Waals surface area contributed by atoms with Gasteiger partial charge in [0.25, 0.3) is 5.91 Å². The average molecular weight is 309 g/mol. The zero-order chi connectivity index (χ0) is 14.5. The topological polar surface area (TPSA) is 44.1 Å². The van der Waals surface area contributed by atoms with Crippen molar-refractivity contribution in [3.63, 3.8) is 0 Å². The van der Waals surface area contributed by atoms with E-state index in [2.05, 4.69) is 0 Å². The van der Waals surface area contributed by atoms with Crippen LogP contribution < -0.4 is 0 Å². The highest BCUT2D eigenvalue weighted by Gasteiger charge is 2.20.